The van der Waals surface area contributed by atoms with E-state index in [2.05, 4.69) is 9.50 Å². The predicted molar refractivity (Wildman–Crippen MR) is 126 cm³/mol. The number of nitrogens with zero attached hydrogens (tertiary/aromatic N) is 3. The zero-order valence-corrected chi connectivity index (χ0v) is 19.6. The number of hydrogen-bond acceptors (Lipinski definition) is 3. The van der Waals surface area contributed by atoms with Gasteiger partial charge in [0.2, 0.25) is 5.29 Å². The molecule has 0 fully saturated rings. The molecule has 0 aromatic heterocycles. The summed E-state index contributed by atoms with van der Waals surface area (Å²) in [5.41, 5.74) is 1.40. The molecule has 3 aromatic carbocycles. The fraction of sp³-hybridized carbons (Fsp3) is 0.130. The highest BCUT2D eigenvalue weighted by atomic mass is 35.5. The Kier molecular flexibility index (Phi) is 6.71. The maximum atomic E-state index is 12.8. The first kappa shape index (κ1) is 24.3. The monoisotopic (exact) mass is 525 g/mol. The molecule has 34 heavy (non-hydrogen) atoms. The second-order valence-corrected chi connectivity index (χ2v) is 9.77. The third-order valence-corrected chi connectivity index (χ3v) is 7.06. The van der Waals surface area contributed by atoms with Crippen molar-refractivity contribution in [1.82, 2.24) is 5.01 Å². The van der Waals surface area contributed by atoms with Crippen LogP contribution < -0.4 is 0 Å². The van der Waals surface area contributed by atoms with Gasteiger partial charge in [-0.2, -0.15) is 26.7 Å². The first-order valence-corrected chi connectivity index (χ1v) is 12.1. The van der Waals surface area contributed by atoms with Crippen molar-refractivity contribution < 1.29 is 21.6 Å². The van der Waals surface area contributed by atoms with Crippen LogP contribution in [0.1, 0.15) is 22.6 Å². The zero-order chi connectivity index (χ0) is 24.5. The first-order chi connectivity index (χ1) is 16.0. The molecule has 0 saturated carbocycles. The van der Waals surface area contributed by atoms with E-state index in [9.17, 15) is 21.6 Å². The minimum absolute atomic E-state index is 0.205. The molecule has 0 spiro atoms. The molecule has 1 heterocycles. The van der Waals surface area contributed by atoms with Crippen molar-refractivity contribution in [3.63, 3.8) is 0 Å². The summed E-state index contributed by atoms with van der Waals surface area (Å²) < 4.78 is 67.2. The molecule has 11 heteroatoms. The second-order valence-electron chi connectivity index (χ2n) is 7.40. The maximum Gasteiger partial charge on any atom is 0.416 e. The largest absolute Gasteiger partial charge is 0.416 e. The van der Waals surface area contributed by atoms with Gasteiger partial charge in [0.05, 0.1) is 22.7 Å². The smallest absolute Gasteiger partial charge is 0.236 e. The van der Waals surface area contributed by atoms with E-state index >= 15 is 0 Å². The number of benzene rings is 3. The average Bonchev–Trinajstić information content (AvgIpc) is 3.25. The van der Waals surface area contributed by atoms with E-state index in [1.165, 1.54) is 5.01 Å². The van der Waals surface area contributed by atoms with Gasteiger partial charge in [0.25, 0.3) is 10.0 Å². The van der Waals surface area contributed by atoms with Crippen molar-refractivity contribution in [1.29, 1.82) is 0 Å². The molecule has 0 radical (unpaired) electrons. The minimum Gasteiger partial charge on any atom is -0.236 e. The summed E-state index contributed by atoms with van der Waals surface area (Å²) in [6, 6.07) is 19.5. The number of hydrazone groups is 1. The molecule has 1 atom stereocenters. The van der Waals surface area contributed by atoms with Gasteiger partial charge in [0.15, 0.2) is 0 Å². The van der Waals surface area contributed by atoms with Gasteiger partial charge in [-0.25, -0.2) is 5.01 Å². The third kappa shape index (κ3) is 5.27. The van der Waals surface area contributed by atoms with Gasteiger partial charge in [-0.15, -0.1) is 4.40 Å². The van der Waals surface area contributed by atoms with Crippen molar-refractivity contribution >= 4 is 44.2 Å². The van der Waals surface area contributed by atoms with Crippen molar-refractivity contribution in [2.75, 3.05) is 6.54 Å². The normalized spacial score (nSPS) is 17.1. The molecule has 0 amide bonds. The predicted octanol–water partition coefficient (Wildman–Crippen LogP) is 6.15. The maximum absolute atomic E-state index is 12.8. The van der Waals surface area contributed by atoms with Gasteiger partial charge in [-0.3, -0.25) is 0 Å². The molecule has 1 unspecified atom stereocenters. The molecule has 5 nitrogen and oxygen atoms in total. The molecular formula is C23H16Cl2F3N3O2S. The van der Waals surface area contributed by atoms with Gasteiger partial charge in [-0.1, -0.05) is 54.1 Å². The van der Waals surface area contributed by atoms with Crippen LogP contribution in [0.15, 0.2) is 93.3 Å². The van der Waals surface area contributed by atoms with E-state index in [0.29, 0.717) is 22.9 Å². The highest BCUT2D eigenvalue weighted by Crippen LogP contribution is 2.32. The summed E-state index contributed by atoms with van der Waals surface area (Å²) in [6.45, 7) is 0.205. The van der Waals surface area contributed by atoms with E-state index in [4.69, 9.17) is 23.2 Å². The van der Waals surface area contributed by atoms with E-state index in [1.807, 2.05) is 42.5 Å². The fourth-order valence-corrected chi connectivity index (χ4v) is 4.84. The summed E-state index contributed by atoms with van der Waals surface area (Å²) in [7, 11) is -4.37. The number of amidine groups is 1. The number of hydrogen-bond donors (Lipinski definition) is 0. The standard InChI is InChI=1S/C23H16Cl2F3N3O2S/c24-18-10-6-15(7-11-18)20-14-31(29-21(20)16-4-2-1-3-5-16)22(25)30-34(32,33)19-12-8-17(9-13-19)23(26,27)28/h1-13,20H,14H2/b30-22-. The Bertz CT molecular complexity index is 1340. The first-order valence-electron chi connectivity index (χ1n) is 9.89. The van der Waals surface area contributed by atoms with Crippen LogP contribution in [0.2, 0.25) is 5.02 Å². The Morgan fingerprint density at radius 2 is 1.59 bits per heavy atom. The number of sulfonamides is 1. The summed E-state index contributed by atoms with van der Waals surface area (Å²) in [5, 5.41) is 5.90. The van der Waals surface area contributed by atoms with E-state index < -0.39 is 32.0 Å². The van der Waals surface area contributed by atoms with Crippen LogP contribution in [0, 0.1) is 0 Å². The van der Waals surface area contributed by atoms with Gasteiger partial charge < -0.3 is 0 Å². The molecule has 176 valence electrons. The lowest BCUT2D eigenvalue weighted by molar-refractivity contribution is -0.137. The molecule has 4 rings (SSSR count). The summed E-state index contributed by atoms with van der Waals surface area (Å²) >= 11 is 12.3. The molecule has 3 aromatic rings. The van der Waals surface area contributed by atoms with Crippen molar-refractivity contribution in [3.8, 4) is 0 Å². The van der Waals surface area contributed by atoms with E-state index in [1.54, 1.807) is 12.1 Å². The van der Waals surface area contributed by atoms with Crippen molar-refractivity contribution in [3.05, 3.63) is 101 Å². The number of rotatable bonds is 4. The highest BCUT2D eigenvalue weighted by molar-refractivity contribution is 7.90. The Labute approximate surface area is 204 Å². The number of alkyl halides is 3. The molecular weight excluding hydrogens is 510 g/mol. The number of halogens is 5. The quantitative estimate of drug-likeness (QED) is 0.233. The summed E-state index contributed by atoms with van der Waals surface area (Å²) in [5.74, 6) is -0.252. The van der Waals surface area contributed by atoms with E-state index in [0.717, 1.165) is 23.3 Å². The van der Waals surface area contributed by atoms with Crippen molar-refractivity contribution in [2.24, 2.45) is 9.50 Å². The van der Waals surface area contributed by atoms with Crippen LogP contribution in [-0.2, 0) is 16.2 Å². The molecule has 0 bridgehead atoms. The highest BCUT2D eigenvalue weighted by Gasteiger charge is 2.33. The third-order valence-electron chi connectivity index (χ3n) is 5.14. The lowest BCUT2D eigenvalue weighted by Crippen LogP contribution is -2.23. The van der Waals surface area contributed by atoms with Crippen molar-refractivity contribution in [2.45, 2.75) is 17.0 Å². The van der Waals surface area contributed by atoms with Gasteiger partial charge in [0, 0.05) is 10.9 Å². The SMILES string of the molecule is O=S(=O)(/N=C(/Cl)N1CC(c2ccc(Cl)cc2)C(c2ccccc2)=N1)c1ccc(C(F)(F)F)cc1. The Morgan fingerprint density at radius 1 is 0.971 bits per heavy atom. The van der Waals surface area contributed by atoms with Crippen LogP contribution in [-0.4, -0.2) is 31.0 Å². The van der Waals surface area contributed by atoms with Gasteiger partial charge >= 0.3 is 6.18 Å². The molecule has 0 aliphatic carbocycles. The average molecular weight is 526 g/mol. The van der Waals surface area contributed by atoms with E-state index in [-0.39, 0.29) is 12.5 Å². The summed E-state index contributed by atoms with van der Waals surface area (Å²) in [6.07, 6.45) is -4.59. The van der Waals surface area contributed by atoms with Gasteiger partial charge in [0.1, 0.15) is 0 Å². The molecule has 0 saturated heterocycles. The van der Waals surface area contributed by atoms with Crippen LogP contribution in [0.25, 0.3) is 0 Å². The van der Waals surface area contributed by atoms with Crippen LogP contribution in [0.5, 0.6) is 0 Å². The van der Waals surface area contributed by atoms with Crippen LogP contribution in [0.3, 0.4) is 0 Å². The molecule has 0 N–H and O–H groups in total. The molecule has 1 aliphatic heterocycles. The zero-order valence-electron chi connectivity index (χ0n) is 17.2. The summed E-state index contributed by atoms with van der Waals surface area (Å²) in [4.78, 5) is -0.417. The Morgan fingerprint density at radius 3 is 2.18 bits per heavy atom. The van der Waals surface area contributed by atoms with Gasteiger partial charge in [-0.05, 0) is 59.1 Å². The second kappa shape index (κ2) is 9.40. The van der Waals surface area contributed by atoms with Crippen LogP contribution in [0.4, 0.5) is 13.2 Å². The topological polar surface area (TPSA) is 62.1 Å². The lowest BCUT2D eigenvalue weighted by atomic mass is 9.91. The Balaban J connectivity index is 1.66. The lowest BCUT2D eigenvalue weighted by Gasteiger charge is -2.15. The fourth-order valence-electron chi connectivity index (χ4n) is 3.46. The minimum atomic E-state index is -4.59. The molecule has 1 aliphatic rings. The Hall–Kier alpha value is -2.88. The van der Waals surface area contributed by atoms with Crippen LogP contribution >= 0.6 is 23.2 Å².